The van der Waals surface area contributed by atoms with Gasteiger partial charge < -0.3 is 15.3 Å². The lowest BCUT2D eigenvalue weighted by Crippen LogP contribution is -2.52. The predicted molar refractivity (Wildman–Crippen MR) is 110 cm³/mol. The molecule has 2 N–H and O–H groups in total. The molecule has 0 aliphatic carbocycles. The first-order valence-corrected chi connectivity index (χ1v) is 9.84. The van der Waals surface area contributed by atoms with Crippen LogP contribution in [0.25, 0.3) is 16.7 Å². The summed E-state index contributed by atoms with van der Waals surface area (Å²) in [6.45, 7) is 2.91. The normalized spacial score (nSPS) is 19.1. The maximum atomic E-state index is 14.7. The van der Waals surface area contributed by atoms with E-state index in [0.717, 1.165) is 0 Å². The summed E-state index contributed by atoms with van der Waals surface area (Å²) in [5.74, 6) is -0.713. The second-order valence-corrected chi connectivity index (χ2v) is 7.96. The van der Waals surface area contributed by atoms with Gasteiger partial charge in [-0.3, -0.25) is 4.79 Å². The van der Waals surface area contributed by atoms with Crippen LogP contribution in [0.1, 0.15) is 24.0 Å². The molecule has 29 heavy (non-hydrogen) atoms. The lowest BCUT2D eigenvalue weighted by molar-refractivity contribution is -0.152. The summed E-state index contributed by atoms with van der Waals surface area (Å²) in [7, 11) is 1.60. The van der Waals surface area contributed by atoms with Crippen molar-refractivity contribution in [2.75, 3.05) is 20.2 Å². The smallest absolute Gasteiger partial charge is 0.256 e. The molecule has 0 radical (unpaired) electrons. The molecule has 2 aromatic rings. The van der Waals surface area contributed by atoms with Crippen LogP contribution in [0.4, 0.5) is 4.39 Å². The molecule has 2 aromatic carbocycles. The second kappa shape index (κ2) is 7.44. The third-order valence-electron chi connectivity index (χ3n) is 5.84. The van der Waals surface area contributed by atoms with E-state index in [4.69, 9.17) is 16.4 Å². The number of nitrogens with one attached hydrogen (secondary N) is 1. The van der Waals surface area contributed by atoms with Crippen molar-refractivity contribution < 1.29 is 19.1 Å². The highest BCUT2D eigenvalue weighted by Gasteiger charge is 2.48. The fourth-order valence-electron chi connectivity index (χ4n) is 4.14. The molecule has 1 saturated heterocycles. The number of aryl methyl sites for hydroxylation is 1. The number of hydroxylamine groups is 2. The fraction of sp³-hybridized carbons (Fsp3) is 0.318. The van der Waals surface area contributed by atoms with E-state index in [-0.39, 0.29) is 17.2 Å². The van der Waals surface area contributed by atoms with Crippen molar-refractivity contribution in [3.05, 3.63) is 64.1 Å². The summed E-state index contributed by atoms with van der Waals surface area (Å²) in [6, 6.07) is 9.85. The van der Waals surface area contributed by atoms with E-state index in [1.165, 1.54) is 6.07 Å². The SMILES string of the molecule is CON1CCC2(CC1)NC(=O)C(c1cc(-c3ccc(Cl)cc3)c(F)cc1C)=C2O. The number of piperidine rings is 1. The summed E-state index contributed by atoms with van der Waals surface area (Å²) >= 11 is 5.94. The molecule has 2 heterocycles. The molecule has 2 aliphatic heterocycles. The van der Waals surface area contributed by atoms with Gasteiger partial charge >= 0.3 is 0 Å². The highest BCUT2D eigenvalue weighted by atomic mass is 35.5. The zero-order valence-corrected chi connectivity index (χ0v) is 17.0. The maximum Gasteiger partial charge on any atom is 0.256 e. The van der Waals surface area contributed by atoms with Gasteiger partial charge in [0.05, 0.1) is 12.7 Å². The van der Waals surface area contributed by atoms with Crippen molar-refractivity contribution in [2.45, 2.75) is 25.3 Å². The van der Waals surface area contributed by atoms with Crippen molar-refractivity contribution in [1.82, 2.24) is 10.4 Å². The van der Waals surface area contributed by atoms with Crippen molar-refractivity contribution in [3.63, 3.8) is 0 Å². The first-order valence-electron chi connectivity index (χ1n) is 9.46. The molecule has 1 fully saturated rings. The Balaban J connectivity index is 1.78. The quantitative estimate of drug-likeness (QED) is 0.785. The summed E-state index contributed by atoms with van der Waals surface area (Å²) < 4.78 is 14.7. The summed E-state index contributed by atoms with van der Waals surface area (Å²) in [5.41, 5.74) is 1.52. The first-order chi connectivity index (χ1) is 13.8. The topological polar surface area (TPSA) is 61.8 Å². The number of benzene rings is 2. The molecule has 0 bridgehead atoms. The van der Waals surface area contributed by atoms with Gasteiger partial charge in [0, 0.05) is 23.7 Å². The Labute approximate surface area is 173 Å². The molecule has 1 amide bonds. The van der Waals surface area contributed by atoms with Crippen LogP contribution in [0.2, 0.25) is 5.02 Å². The van der Waals surface area contributed by atoms with Crippen LogP contribution >= 0.6 is 11.6 Å². The number of carbonyl (C=O) groups is 1. The lowest BCUT2D eigenvalue weighted by Gasteiger charge is -2.37. The standard InChI is InChI=1S/C22H22ClFN2O3/c1-13-11-18(24)17(14-3-5-15(23)6-4-14)12-16(13)19-20(27)22(25-21(19)28)7-9-26(29-2)10-8-22/h3-6,11-12,27H,7-10H2,1-2H3,(H,25,28). The Morgan fingerprint density at radius 3 is 2.45 bits per heavy atom. The zero-order valence-electron chi connectivity index (χ0n) is 16.3. The number of aliphatic hydroxyl groups is 1. The summed E-state index contributed by atoms with van der Waals surface area (Å²) in [4.78, 5) is 18.1. The van der Waals surface area contributed by atoms with Crippen molar-refractivity contribution in [3.8, 4) is 11.1 Å². The highest BCUT2D eigenvalue weighted by molar-refractivity contribution is 6.30. The van der Waals surface area contributed by atoms with Gasteiger partial charge in [-0.05, 0) is 60.7 Å². The number of rotatable bonds is 3. The monoisotopic (exact) mass is 416 g/mol. The number of hydrogen-bond acceptors (Lipinski definition) is 4. The predicted octanol–water partition coefficient (Wildman–Crippen LogP) is 4.25. The number of amides is 1. The van der Waals surface area contributed by atoms with Crippen LogP contribution < -0.4 is 5.32 Å². The van der Waals surface area contributed by atoms with Crippen LogP contribution in [0.15, 0.2) is 42.2 Å². The molecule has 5 nitrogen and oxygen atoms in total. The Morgan fingerprint density at radius 2 is 1.83 bits per heavy atom. The van der Waals surface area contributed by atoms with Gasteiger partial charge in [0.15, 0.2) is 0 Å². The van der Waals surface area contributed by atoms with Crippen molar-refractivity contribution in [2.24, 2.45) is 0 Å². The Kier molecular flexibility index (Phi) is 5.11. The van der Waals surface area contributed by atoms with Crippen LogP contribution in [0.5, 0.6) is 0 Å². The molecule has 7 heteroatoms. The fourth-order valence-corrected chi connectivity index (χ4v) is 4.27. The molecule has 0 atom stereocenters. The van der Waals surface area contributed by atoms with Gasteiger partial charge in [0.25, 0.3) is 5.91 Å². The average Bonchev–Trinajstić information content (AvgIpc) is 2.93. The van der Waals surface area contributed by atoms with Crippen LogP contribution in [-0.2, 0) is 9.63 Å². The molecule has 0 unspecified atom stereocenters. The molecule has 4 rings (SSSR count). The van der Waals surface area contributed by atoms with E-state index in [2.05, 4.69) is 5.32 Å². The molecular formula is C22H22ClFN2O3. The minimum absolute atomic E-state index is 0.0232. The molecule has 0 saturated carbocycles. The minimum Gasteiger partial charge on any atom is -0.509 e. The molecule has 2 aliphatic rings. The lowest BCUT2D eigenvalue weighted by atomic mass is 9.85. The van der Waals surface area contributed by atoms with Crippen LogP contribution in [0.3, 0.4) is 0 Å². The number of carbonyl (C=O) groups excluding carboxylic acids is 1. The van der Waals surface area contributed by atoms with E-state index < -0.39 is 11.4 Å². The maximum absolute atomic E-state index is 14.7. The van der Waals surface area contributed by atoms with Gasteiger partial charge in [-0.15, -0.1) is 0 Å². The van der Waals surface area contributed by atoms with E-state index in [1.807, 2.05) is 0 Å². The Hall–Kier alpha value is -2.41. The van der Waals surface area contributed by atoms with Crippen LogP contribution in [-0.4, -0.2) is 41.8 Å². The van der Waals surface area contributed by atoms with Gasteiger partial charge in [-0.25, -0.2) is 4.39 Å². The number of hydrogen-bond donors (Lipinski definition) is 2. The largest absolute Gasteiger partial charge is 0.509 e. The van der Waals surface area contributed by atoms with Gasteiger partial charge in [-0.2, -0.15) is 5.06 Å². The Bertz CT molecular complexity index is 996. The number of aliphatic hydroxyl groups excluding tert-OH is 1. The van der Waals surface area contributed by atoms with Crippen molar-refractivity contribution >= 4 is 23.1 Å². The highest BCUT2D eigenvalue weighted by Crippen LogP contribution is 2.40. The third kappa shape index (κ3) is 3.41. The molecule has 152 valence electrons. The van der Waals surface area contributed by atoms with Gasteiger partial charge in [0.1, 0.15) is 17.1 Å². The Morgan fingerprint density at radius 1 is 1.17 bits per heavy atom. The number of halogens is 2. The first kappa shape index (κ1) is 19.9. The van der Waals surface area contributed by atoms with E-state index in [0.29, 0.717) is 53.2 Å². The van der Waals surface area contributed by atoms with Crippen LogP contribution in [0, 0.1) is 12.7 Å². The van der Waals surface area contributed by atoms with Gasteiger partial charge in [0.2, 0.25) is 0 Å². The second-order valence-electron chi connectivity index (χ2n) is 7.53. The third-order valence-corrected chi connectivity index (χ3v) is 6.09. The zero-order chi connectivity index (χ0) is 20.8. The molecule has 1 spiro atoms. The van der Waals surface area contributed by atoms with Crippen molar-refractivity contribution in [1.29, 1.82) is 0 Å². The average molecular weight is 417 g/mol. The van der Waals surface area contributed by atoms with E-state index >= 15 is 0 Å². The molecule has 0 aromatic heterocycles. The minimum atomic E-state index is -0.803. The number of nitrogens with zero attached hydrogens (tertiary/aromatic N) is 1. The van der Waals surface area contributed by atoms with E-state index in [9.17, 15) is 14.3 Å². The molecular weight excluding hydrogens is 395 g/mol. The summed E-state index contributed by atoms with van der Waals surface area (Å²) in [5, 5.41) is 16.4. The summed E-state index contributed by atoms with van der Waals surface area (Å²) in [6.07, 6.45) is 1.07. The van der Waals surface area contributed by atoms with Gasteiger partial charge in [-0.1, -0.05) is 23.7 Å². The van der Waals surface area contributed by atoms with E-state index in [1.54, 1.807) is 49.4 Å².